The van der Waals surface area contributed by atoms with Crippen molar-refractivity contribution in [2.75, 3.05) is 24.9 Å². The summed E-state index contributed by atoms with van der Waals surface area (Å²) < 4.78 is 23.5. The smallest absolute Gasteiger partial charge is 0.323 e. The molecule has 2 aromatic rings. The number of hydrogen-bond donors (Lipinski definition) is 2. The Balaban J connectivity index is 2.07. The molecule has 0 aliphatic carbocycles. The summed E-state index contributed by atoms with van der Waals surface area (Å²) >= 11 is 0. The van der Waals surface area contributed by atoms with Crippen LogP contribution < -0.4 is 20.1 Å². The maximum atomic E-state index is 13.2. The molecule has 0 bridgehead atoms. The number of rotatable bonds is 4. The van der Waals surface area contributed by atoms with E-state index in [1.165, 1.54) is 26.4 Å². The maximum Gasteiger partial charge on any atom is 0.323 e. The number of anilines is 2. The van der Waals surface area contributed by atoms with Crippen LogP contribution in [-0.4, -0.2) is 20.3 Å². The summed E-state index contributed by atoms with van der Waals surface area (Å²) in [5, 5.41) is 5.31. The molecule has 0 atom stereocenters. The number of carbonyl (C=O) groups is 1. The van der Waals surface area contributed by atoms with Gasteiger partial charge in [-0.25, -0.2) is 9.18 Å². The Hall–Kier alpha value is -2.76. The summed E-state index contributed by atoms with van der Waals surface area (Å²) in [6.07, 6.45) is 0. The van der Waals surface area contributed by atoms with Crippen molar-refractivity contribution in [1.29, 1.82) is 0 Å². The van der Waals surface area contributed by atoms with Crippen LogP contribution in [0.25, 0.3) is 0 Å². The summed E-state index contributed by atoms with van der Waals surface area (Å²) in [6, 6.07) is 8.96. The molecule has 2 N–H and O–H groups in total. The minimum atomic E-state index is -0.432. The number of aryl methyl sites for hydroxylation is 1. The zero-order valence-corrected chi connectivity index (χ0v) is 12.6. The second kappa shape index (κ2) is 6.80. The van der Waals surface area contributed by atoms with Crippen LogP contribution in [0, 0.1) is 12.7 Å². The number of carbonyl (C=O) groups excluding carboxylic acids is 1. The van der Waals surface area contributed by atoms with Crippen molar-refractivity contribution in [3.05, 3.63) is 47.8 Å². The fourth-order valence-corrected chi connectivity index (χ4v) is 1.93. The Morgan fingerprint density at radius 3 is 2.14 bits per heavy atom. The molecule has 0 saturated heterocycles. The van der Waals surface area contributed by atoms with Crippen LogP contribution in [0.4, 0.5) is 20.6 Å². The van der Waals surface area contributed by atoms with Gasteiger partial charge in [-0.15, -0.1) is 0 Å². The first-order chi connectivity index (χ1) is 10.5. The lowest BCUT2D eigenvalue weighted by molar-refractivity contribution is 0.262. The van der Waals surface area contributed by atoms with Gasteiger partial charge in [0.05, 0.1) is 14.2 Å². The molecule has 0 heterocycles. The third-order valence-electron chi connectivity index (χ3n) is 3.06. The van der Waals surface area contributed by atoms with E-state index in [0.29, 0.717) is 28.4 Å². The molecule has 0 spiro atoms. The Morgan fingerprint density at radius 1 is 0.955 bits per heavy atom. The molecule has 0 radical (unpaired) electrons. The molecule has 0 aliphatic rings. The third-order valence-corrected chi connectivity index (χ3v) is 3.06. The van der Waals surface area contributed by atoms with Gasteiger partial charge < -0.3 is 20.1 Å². The summed E-state index contributed by atoms with van der Waals surface area (Å²) in [6.45, 7) is 1.63. The molecule has 2 aromatic carbocycles. The lowest BCUT2D eigenvalue weighted by Gasteiger charge is -2.11. The van der Waals surface area contributed by atoms with Gasteiger partial charge in [-0.05, 0) is 42.8 Å². The highest BCUT2D eigenvalue weighted by molar-refractivity contribution is 5.99. The fourth-order valence-electron chi connectivity index (χ4n) is 1.93. The number of halogens is 1. The van der Waals surface area contributed by atoms with Crippen molar-refractivity contribution in [3.8, 4) is 11.5 Å². The van der Waals surface area contributed by atoms with Crippen molar-refractivity contribution in [2.24, 2.45) is 0 Å². The number of hydrogen-bond acceptors (Lipinski definition) is 3. The highest BCUT2D eigenvalue weighted by atomic mass is 19.1. The third kappa shape index (κ3) is 3.66. The van der Waals surface area contributed by atoms with E-state index < -0.39 is 6.03 Å². The number of amides is 2. The quantitative estimate of drug-likeness (QED) is 0.903. The van der Waals surface area contributed by atoms with Crippen molar-refractivity contribution in [1.82, 2.24) is 0 Å². The van der Waals surface area contributed by atoms with E-state index in [4.69, 9.17) is 9.47 Å². The Bertz CT molecular complexity index is 689. The van der Waals surface area contributed by atoms with Crippen molar-refractivity contribution in [3.63, 3.8) is 0 Å². The molecule has 0 aromatic heterocycles. The van der Waals surface area contributed by atoms with Crippen LogP contribution in [0.1, 0.15) is 5.56 Å². The van der Waals surface area contributed by atoms with E-state index >= 15 is 0 Å². The zero-order valence-electron chi connectivity index (χ0n) is 12.6. The molecular weight excluding hydrogens is 287 g/mol. The van der Waals surface area contributed by atoms with Gasteiger partial charge in [-0.3, -0.25) is 0 Å². The molecule has 2 amide bonds. The lowest BCUT2D eigenvalue weighted by Crippen LogP contribution is -2.19. The lowest BCUT2D eigenvalue weighted by atomic mass is 10.2. The van der Waals surface area contributed by atoms with Crippen LogP contribution in [0.15, 0.2) is 36.4 Å². The molecule has 0 unspecified atom stereocenters. The molecule has 5 nitrogen and oxygen atoms in total. The van der Waals surface area contributed by atoms with Gasteiger partial charge in [0.25, 0.3) is 0 Å². The van der Waals surface area contributed by atoms with Crippen LogP contribution in [0.2, 0.25) is 0 Å². The number of ether oxygens (including phenoxy) is 2. The van der Waals surface area contributed by atoms with E-state index in [1.807, 2.05) is 0 Å². The Labute approximate surface area is 128 Å². The molecule has 116 valence electrons. The van der Waals surface area contributed by atoms with Crippen LogP contribution in [0.5, 0.6) is 11.5 Å². The standard InChI is InChI=1S/C16H17FN2O3/c1-10-8-11(4-6-13(10)17)18-16(20)19-12-5-7-14(21-2)15(9-12)22-3/h4-9H,1-3H3,(H2,18,19,20). The van der Waals surface area contributed by atoms with Gasteiger partial charge in [0, 0.05) is 17.4 Å². The van der Waals surface area contributed by atoms with Gasteiger partial charge in [0.15, 0.2) is 11.5 Å². The van der Waals surface area contributed by atoms with Crippen LogP contribution >= 0.6 is 0 Å². The van der Waals surface area contributed by atoms with E-state index in [0.717, 1.165) is 0 Å². The normalized spacial score (nSPS) is 10.0. The van der Waals surface area contributed by atoms with E-state index in [9.17, 15) is 9.18 Å². The second-order valence-corrected chi connectivity index (χ2v) is 4.61. The van der Waals surface area contributed by atoms with Gasteiger partial charge in [-0.1, -0.05) is 0 Å². The first kappa shape index (κ1) is 15.6. The fraction of sp³-hybridized carbons (Fsp3) is 0.188. The van der Waals surface area contributed by atoms with Crippen LogP contribution in [-0.2, 0) is 0 Å². The van der Waals surface area contributed by atoms with Crippen LogP contribution in [0.3, 0.4) is 0 Å². The first-order valence-electron chi connectivity index (χ1n) is 6.59. The largest absolute Gasteiger partial charge is 0.493 e. The molecule has 0 saturated carbocycles. The highest BCUT2D eigenvalue weighted by Gasteiger charge is 2.08. The predicted octanol–water partition coefficient (Wildman–Crippen LogP) is 3.80. The average molecular weight is 304 g/mol. The predicted molar refractivity (Wildman–Crippen MR) is 83.3 cm³/mol. The summed E-state index contributed by atoms with van der Waals surface area (Å²) in [5.74, 6) is 0.770. The first-order valence-corrected chi connectivity index (χ1v) is 6.59. The van der Waals surface area contributed by atoms with Gasteiger partial charge in [-0.2, -0.15) is 0 Å². The summed E-state index contributed by atoms with van der Waals surface area (Å²) in [4.78, 5) is 11.9. The van der Waals surface area contributed by atoms with E-state index in [1.54, 1.807) is 31.2 Å². The minimum absolute atomic E-state index is 0.314. The SMILES string of the molecule is COc1ccc(NC(=O)Nc2ccc(F)c(C)c2)cc1OC. The molecule has 6 heteroatoms. The summed E-state index contributed by atoms with van der Waals surface area (Å²) in [7, 11) is 3.05. The van der Waals surface area contributed by atoms with Gasteiger partial charge in [0.2, 0.25) is 0 Å². The van der Waals surface area contributed by atoms with Crippen molar-refractivity contribution in [2.45, 2.75) is 6.92 Å². The van der Waals surface area contributed by atoms with E-state index in [-0.39, 0.29) is 5.82 Å². The number of urea groups is 1. The molecule has 2 rings (SSSR count). The Kier molecular flexibility index (Phi) is 4.83. The number of benzene rings is 2. The molecule has 0 fully saturated rings. The Morgan fingerprint density at radius 2 is 1.55 bits per heavy atom. The average Bonchev–Trinajstić information content (AvgIpc) is 2.50. The van der Waals surface area contributed by atoms with Gasteiger partial charge in [0.1, 0.15) is 5.82 Å². The second-order valence-electron chi connectivity index (χ2n) is 4.61. The van der Waals surface area contributed by atoms with Crippen molar-refractivity contribution < 1.29 is 18.7 Å². The zero-order chi connectivity index (χ0) is 16.1. The highest BCUT2D eigenvalue weighted by Crippen LogP contribution is 2.29. The minimum Gasteiger partial charge on any atom is -0.493 e. The topological polar surface area (TPSA) is 59.6 Å². The molecular formula is C16H17FN2O3. The summed E-state index contributed by atoms with van der Waals surface area (Å²) in [5.41, 5.74) is 1.52. The van der Waals surface area contributed by atoms with Crippen molar-refractivity contribution >= 4 is 17.4 Å². The van der Waals surface area contributed by atoms with Gasteiger partial charge >= 0.3 is 6.03 Å². The number of methoxy groups -OCH3 is 2. The maximum absolute atomic E-state index is 13.2. The molecule has 0 aliphatic heterocycles. The number of nitrogens with one attached hydrogen (secondary N) is 2. The van der Waals surface area contributed by atoms with E-state index in [2.05, 4.69) is 10.6 Å². The molecule has 22 heavy (non-hydrogen) atoms. The monoisotopic (exact) mass is 304 g/mol.